The molecule has 37 heavy (non-hydrogen) atoms. The Bertz CT molecular complexity index is 1600. The van der Waals surface area contributed by atoms with Crippen LogP contribution in [0.4, 0.5) is 20.3 Å². The zero-order chi connectivity index (χ0) is 25.5. The van der Waals surface area contributed by atoms with Crippen LogP contribution in [0.1, 0.15) is 44.7 Å². The molecule has 1 amide bonds. The van der Waals surface area contributed by atoms with E-state index in [-0.39, 0.29) is 11.3 Å². The molecule has 0 saturated heterocycles. The minimum atomic E-state index is -0.591. The van der Waals surface area contributed by atoms with Crippen molar-refractivity contribution in [2.24, 2.45) is 0 Å². The van der Waals surface area contributed by atoms with Crippen molar-refractivity contribution in [3.63, 3.8) is 0 Å². The molecule has 0 spiro atoms. The highest BCUT2D eigenvalue weighted by Gasteiger charge is 2.25. The number of carbonyl (C=O) groups excluding carboxylic acids is 1. The van der Waals surface area contributed by atoms with Gasteiger partial charge in [0.1, 0.15) is 29.3 Å². The summed E-state index contributed by atoms with van der Waals surface area (Å²) in [7, 11) is 0. The number of carbonyl (C=O) groups is 1. The quantitative estimate of drug-likeness (QED) is 0.430. The van der Waals surface area contributed by atoms with Crippen LogP contribution >= 0.6 is 0 Å². The van der Waals surface area contributed by atoms with Crippen molar-refractivity contribution in [3.05, 3.63) is 110 Å². The lowest BCUT2D eigenvalue weighted by molar-refractivity contribution is 0.102. The Morgan fingerprint density at radius 1 is 1.03 bits per heavy atom. The van der Waals surface area contributed by atoms with Gasteiger partial charge in [0.05, 0.1) is 5.69 Å². The number of fused-ring (bicyclic) bond motifs is 2. The standard InChI is InChI=1S/C28H23F2N5O2/c29-18-5-8-20(9-6-18)35-14-17-2-1-3-21(17)25(28(35)37)27(36)34-19-7-4-16(23(30)13-19)12-24-22-10-11-31-26(22)33-15-32-24/h4-9,13-15H,1-3,10-12H2,(H,34,36)(H,31,32,33). The van der Waals surface area contributed by atoms with E-state index < -0.39 is 23.1 Å². The number of nitrogens with zero attached hydrogens (tertiary/aromatic N) is 3. The molecule has 0 saturated carbocycles. The summed E-state index contributed by atoms with van der Waals surface area (Å²) in [5.74, 6) is -0.692. The highest BCUT2D eigenvalue weighted by molar-refractivity contribution is 6.05. The second-order valence-corrected chi connectivity index (χ2v) is 9.27. The predicted molar refractivity (Wildman–Crippen MR) is 135 cm³/mol. The van der Waals surface area contributed by atoms with Gasteiger partial charge in [0.25, 0.3) is 11.5 Å². The third-order valence-corrected chi connectivity index (χ3v) is 6.98. The van der Waals surface area contributed by atoms with Crippen LogP contribution in [-0.4, -0.2) is 27.0 Å². The van der Waals surface area contributed by atoms with Crippen LogP contribution in [0.2, 0.25) is 0 Å². The molecule has 0 bridgehead atoms. The number of hydrogen-bond acceptors (Lipinski definition) is 5. The minimum absolute atomic E-state index is 0.0351. The molecule has 0 radical (unpaired) electrons. The molecule has 0 fully saturated rings. The van der Waals surface area contributed by atoms with Crippen LogP contribution in [0.3, 0.4) is 0 Å². The smallest absolute Gasteiger partial charge is 0.268 e. The summed E-state index contributed by atoms with van der Waals surface area (Å²) in [6, 6.07) is 10.0. The van der Waals surface area contributed by atoms with Crippen molar-refractivity contribution in [2.45, 2.75) is 32.1 Å². The van der Waals surface area contributed by atoms with Gasteiger partial charge in [0.15, 0.2) is 0 Å². The first-order valence-corrected chi connectivity index (χ1v) is 12.2. The maximum Gasteiger partial charge on any atom is 0.268 e. The first kappa shape index (κ1) is 23.0. The zero-order valence-electron chi connectivity index (χ0n) is 19.9. The molecule has 2 aliphatic rings. The SMILES string of the molecule is O=C(Nc1ccc(Cc2ncnc3c2CCN3)c(F)c1)c1c2c(cn(-c3ccc(F)cc3)c1=O)CCC2. The van der Waals surface area contributed by atoms with Crippen LogP contribution in [0.5, 0.6) is 0 Å². The molecule has 186 valence electrons. The molecule has 4 aromatic rings. The van der Waals surface area contributed by atoms with Crippen LogP contribution in [0.15, 0.2) is 59.8 Å². The van der Waals surface area contributed by atoms with Crippen molar-refractivity contribution >= 4 is 17.4 Å². The lowest BCUT2D eigenvalue weighted by Crippen LogP contribution is -2.30. The van der Waals surface area contributed by atoms with Gasteiger partial charge in [0.2, 0.25) is 0 Å². The van der Waals surface area contributed by atoms with E-state index in [1.807, 2.05) is 0 Å². The zero-order valence-corrected chi connectivity index (χ0v) is 19.9. The van der Waals surface area contributed by atoms with Crippen molar-refractivity contribution in [1.82, 2.24) is 14.5 Å². The van der Waals surface area contributed by atoms with E-state index in [2.05, 4.69) is 20.6 Å². The van der Waals surface area contributed by atoms with Crippen LogP contribution < -0.4 is 16.2 Å². The Morgan fingerprint density at radius 2 is 1.86 bits per heavy atom. The maximum absolute atomic E-state index is 15.1. The topological polar surface area (TPSA) is 88.9 Å². The summed E-state index contributed by atoms with van der Waals surface area (Å²) in [5, 5.41) is 5.89. The van der Waals surface area contributed by atoms with Crippen molar-refractivity contribution < 1.29 is 13.6 Å². The number of halogens is 2. The molecule has 0 unspecified atom stereocenters. The second kappa shape index (κ2) is 9.24. The van der Waals surface area contributed by atoms with Gasteiger partial charge < -0.3 is 10.6 Å². The average Bonchev–Trinajstić information content (AvgIpc) is 3.56. The van der Waals surface area contributed by atoms with E-state index in [0.717, 1.165) is 48.4 Å². The molecule has 1 aliphatic heterocycles. The molecular formula is C28H23F2N5O2. The van der Waals surface area contributed by atoms with E-state index in [9.17, 15) is 14.0 Å². The van der Waals surface area contributed by atoms with Crippen molar-refractivity contribution in [3.8, 4) is 5.69 Å². The van der Waals surface area contributed by atoms with Gasteiger partial charge in [-0.1, -0.05) is 6.07 Å². The van der Waals surface area contributed by atoms with E-state index in [1.54, 1.807) is 18.3 Å². The minimum Gasteiger partial charge on any atom is -0.369 e. The van der Waals surface area contributed by atoms with Crippen LogP contribution in [0.25, 0.3) is 5.69 Å². The van der Waals surface area contributed by atoms with E-state index >= 15 is 4.39 Å². The number of hydrogen-bond donors (Lipinski definition) is 2. The molecule has 3 heterocycles. The fourth-order valence-electron chi connectivity index (χ4n) is 5.15. The Balaban J connectivity index is 1.29. The number of aromatic nitrogens is 3. The molecule has 6 rings (SSSR count). The van der Waals surface area contributed by atoms with Crippen LogP contribution in [0, 0.1) is 11.6 Å². The molecule has 7 nitrogen and oxygen atoms in total. The highest BCUT2D eigenvalue weighted by Crippen LogP contribution is 2.27. The van der Waals surface area contributed by atoms with Gasteiger partial charge in [-0.05, 0) is 78.8 Å². The fourth-order valence-corrected chi connectivity index (χ4v) is 5.15. The maximum atomic E-state index is 15.1. The van der Waals surface area contributed by atoms with Gasteiger partial charge in [-0.25, -0.2) is 18.7 Å². The molecule has 1 aliphatic carbocycles. The molecule has 9 heteroatoms. The largest absolute Gasteiger partial charge is 0.369 e. The van der Waals surface area contributed by atoms with E-state index in [4.69, 9.17) is 0 Å². The van der Waals surface area contributed by atoms with Crippen molar-refractivity contribution in [1.29, 1.82) is 0 Å². The van der Waals surface area contributed by atoms with Crippen molar-refractivity contribution in [2.75, 3.05) is 17.2 Å². The number of pyridine rings is 1. The summed E-state index contributed by atoms with van der Waals surface area (Å²) < 4.78 is 29.8. The number of amides is 1. The van der Waals surface area contributed by atoms with E-state index in [0.29, 0.717) is 29.7 Å². The number of rotatable bonds is 5. The van der Waals surface area contributed by atoms with Crippen LogP contribution in [-0.2, 0) is 25.7 Å². The Morgan fingerprint density at radius 3 is 2.68 bits per heavy atom. The number of nitrogens with one attached hydrogen (secondary N) is 2. The Kier molecular flexibility index (Phi) is 5.75. The van der Waals surface area contributed by atoms with Gasteiger partial charge in [-0.15, -0.1) is 0 Å². The highest BCUT2D eigenvalue weighted by atomic mass is 19.1. The monoisotopic (exact) mass is 499 g/mol. The first-order valence-electron chi connectivity index (χ1n) is 12.2. The Labute approximate surface area is 211 Å². The van der Waals surface area contributed by atoms with Gasteiger partial charge in [-0.3, -0.25) is 14.2 Å². The molecule has 0 atom stereocenters. The number of aryl methyl sites for hydroxylation is 1. The van der Waals surface area contributed by atoms with Gasteiger partial charge in [-0.2, -0.15) is 0 Å². The molecule has 2 N–H and O–H groups in total. The fraction of sp³-hybridized carbons (Fsp3) is 0.214. The van der Waals surface area contributed by atoms with E-state index in [1.165, 1.54) is 41.2 Å². The van der Waals surface area contributed by atoms with Gasteiger partial charge >= 0.3 is 0 Å². The molecular weight excluding hydrogens is 476 g/mol. The van der Waals surface area contributed by atoms with Gasteiger partial charge in [0, 0.05) is 36.1 Å². The third-order valence-electron chi connectivity index (χ3n) is 6.98. The average molecular weight is 500 g/mol. The Hall–Kier alpha value is -4.40. The summed E-state index contributed by atoms with van der Waals surface area (Å²) in [6.45, 7) is 0.778. The summed E-state index contributed by atoms with van der Waals surface area (Å²) in [4.78, 5) is 35.2. The second-order valence-electron chi connectivity index (χ2n) is 9.27. The lowest BCUT2D eigenvalue weighted by atomic mass is 10.0. The summed E-state index contributed by atoms with van der Waals surface area (Å²) in [6.07, 6.45) is 6.47. The first-order chi connectivity index (χ1) is 18.0. The molecule has 2 aromatic heterocycles. The number of anilines is 2. The predicted octanol–water partition coefficient (Wildman–Crippen LogP) is 4.21. The third kappa shape index (κ3) is 4.26. The number of benzene rings is 2. The lowest BCUT2D eigenvalue weighted by Gasteiger charge is -2.14. The summed E-state index contributed by atoms with van der Waals surface area (Å²) >= 11 is 0. The molecule has 2 aromatic carbocycles. The normalized spacial score (nSPS) is 13.7. The summed E-state index contributed by atoms with van der Waals surface area (Å²) in [5.41, 5.74) is 4.10.